The summed E-state index contributed by atoms with van der Waals surface area (Å²) in [6.45, 7) is 0. The first-order chi connectivity index (χ1) is 14.1. The SMILES string of the molecule is COc1ccc(-c2nc(-c3ccc(NC(=O)c4ccc(F)cc4)cc3)no2)cc1. The number of halogens is 1. The molecule has 1 heterocycles. The molecule has 0 atom stereocenters. The zero-order valence-electron chi connectivity index (χ0n) is 15.4. The predicted octanol–water partition coefficient (Wildman–Crippen LogP) is 4.80. The van der Waals surface area contributed by atoms with E-state index in [4.69, 9.17) is 9.26 Å². The van der Waals surface area contributed by atoms with Gasteiger partial charge < -0.3 is 14.6 Å². The Morgan fingerprint density at radius 3 is 2.24 bits per heavy atom. The van der Waals surface area contributed by atoms with Crippen LogP contribution in [0.5, 0.6) is 5.75 Å². The van der Waals surface area contributed by atoms with Crippen LogP contribution in [0.2, 0.25) is 0 Å². The summed E-state index contributed by atoms with van der Waals surface area (Å²) in [4.78, 5) is 16.6. The van der Waals surface area contributed by atoms with Crippen molar-refractivity contribution in [1.29, 1.82) is 0 Å². The number of carbonyl (C=O) groups excluding carboxylic acids is 1. The summed E-state index contributed by atoms with van der Waals surface area (Å²) in [6, 6.07) is 19.7. The van der Waals surface area contributed by atoms with Gasteiger partial charge >= 0.3 is 0 Å². The Morgan fingerprint density at radius 1 is 0.931 bits per heavy atom. The van der Waals surface area contributed by atoms with Crippen LogP contribution >= 0.6 is 0 Å². The van der Waals surface area contributed by atoms with E-state index in [0.717, 1.165) is 16.9 Å². The van der Waals surface area contributed by atoms with Gasteiger partial charge in [-0.2, -0.15) is 4.98 Å². The van der Waals surface area contributed by atoms with E-state index in [1.54, 1.807) is 31.4 Å². The number of anilines is 1. The molecule has 0 aliphatic heterocycles. The lowest BCUT2D eigenvalue weighted by Crippen LogP contribution is -2.11. The summed E-state index contributed by atoms with van der Waals surface area (Å²) >= 11 is 0. The molecule has 0 fully saturated rings. The normalized spacial score (nSPS) is 10.6. The van der Waals surface area contributed by atoms with Crippen LogP contribution in [0.3, 0.4) is 0 Å². The Labute approximate surface area is 166 Å². The molecular weight excluding hydrogens is 373 g/mol. The van der Waals surface area contributed by atoms with Crippen LogP contribution in [-0.2, 0) is 0 Å². The van der Waals surface area contributed by atoms with Gasteiger partial charge in [-0.05, 0) is 72.8 Å². The van der Waals surface area contributed by atoms with Crippen molar-refractivity contribution in [3.8, 4) is 28.6 Å². The molecule has 4 aromatic rings. The number of methoxy groups -OCH3 is 1. The summed E-state index contributed by atoms with van der Waals surface area (Å²) in [5.74, 6) is 0.870. The molecule has 0 aliphatic carbocycles. The minimum Gasteiger partial charge on any atom is -0.497 e. The van der Waals surface area contributed by atoms with Crippen LogP contribution in [-0.4, -0.2) is 23.2 Å². The van der Waals surface area contributed by atoms with Gasteiger partial charge in [-0.3, -0.25) is 4.79 Å². The molecule has 0 radical (unpaired) electrons. The standard InChI is InChI=1S/C22H16FN3O3/c1-28-19-12-6-16(7-13-19)22-25-20(26-29-22)14-4-10-18(11-5-14)24-21(27)15-2-8-17(23)9-3-15/h2-13H,1H3,(H,24,27). The first-order valence-electron chi connectivity index (χ1n) is 8.78. The third-order valence-electron chi connectivity index (χ3n) is 4.27. The van der Waals surface area contributed by atoms with Gasteiger partial charge in [-0.25, -0.2) is 4.39 Å². The topological polar surface area (TPSA) is 77.2 Å². The van der Waals surface area contributed by atoms with Crippen LogP contribution in [0.25, 0.3) is 22.8 Å². The predicted molar refractivity (Wildman–Crippen MR) is 106 cm³/mol. The first-order valence-corrected chi connectivity index (χ1v) is 8.78. The molecule has 0 spiro atoms. The zero-order chi connectivity index (χ0) is 20.2. The highest BCUT2D eigenvalue weighted by molar-refractivity contribution is 6.04. The monoisotopic (exact) mass is 389 g/mol. The lowest BCUT2D eigenvalue weighted by Gasteiger charge is -2.05. The highest BCUT2D eigenvalue weighted by atomic mass is 19.1. The van der Waals surface area contributed by atoms with Gasteiger partial charge in [0.25, 0.3) is 11.8 Å². The number of benzene rings is 3. The van der Waals surface area contributed by atoms with Crippen molar-refractivity contribution in [3.63, 3.8) is 0 Å². The van der Waals surface area contributed by atoms with E-state index in [1.807, 2.05) is 24.3 Å². The number of hydrogen-bond donors (Lipinski definition) is 1. The fraction of sp³-hybridized carbons (Fsp3) is 0.0455. The maximum atomic E-state index is 13.0. The Morgan fingerprint density at radius 2 is 1.59 bits per heavy atom. The van der Waals surface area contributed by atoms with E-state index in [-0.39, 0.29) is 11.7 Å². The molecule has 29 heavy (non-hydrogen) atoms. The fourth-order valence-corrected chi connectivity index (χ4v) is 2.70. The lowest BCUT2D eigenvalue weighted by atomic mass is 10.1. The molecule has 0 aliphatic rings. The number of nitrogens with zero attached hydrogens (tertiary/aromatic N) is 2. The van der Waals surface area contributed by atoms with Crippen molar-refractivity contribution in [2.24, 2.45) is 0 Å². The summed E-state index contributed by atoms with van der Waals surface area (Å²) in [7, 11) is 1.60. The number of aromatic nitrogens is 2. The van der Waals surface area contributed by atoms with Crippen molar-refractivity contribution in [1.82, 2.24) is 10.1 Å². The maximum Gasteiger partial charge on any atom is 0.258 e. The van der Waals surface area contributed by atoms with Gasteiger partial charge in [0, 0.05) is 22.4 Å². The largest absolute Gasteiger partial charge is 0.497 e. The number of hydrogen-bond acceptors (Lipinski definition) is 5. The van der Waals surface area contributed by atoms with Crippen molar-refractivity contribution in [2.45, 2.75) is 0 Å². The number of amides is 1. The average molecular weight is 389 g/mol. The van der Waals surface area contributed by atoms with Gasteiger partial charge in [0.2, 0.25) is 5.82 Å². The second kappa shape index (κ2) is 7.93. The molecule has 144 valence electrons. The Kier molecular flexibility index (Phi) is 5.03. The minimum absolute atomic E-state index is 0.320. The zero-order valence-corrected chi connectivity index (χ0v) is 15.4. The molecule has 0 saturated carbocycles. The molecule has 0 bridgehead atoms. The Balaban J connectivity index is 1.47. The summed E-state index contributed by atoms with van der Waals surface area (Å²) in [5.41, 5.74) is 2.50. The van der Waals surface area contributed by atoms with Crippen molar-refractivity contribution < 1.29 is 18.4 Å². The maximum absolute atomic E-state index is 13.0. The summed E-state index contributed by atoms with van der Waals surface area (Å²) < 4.78 is 23.4. The highest BCUT2D eigenvalue weighted by Crippen LogP contribution is 2.25. The second-order valence-electron chi connectivity index (χ2n) is 6.19. The first kappa shape index (κ1) is 18.4. The Bertz CT molecular complexity index is 1120. The number of carbonyl (C=O) groups is 1. The molecule has 1 amide bonds. The van der Waals surface area contributed by atoms with Crippen LogP contribution in [0, 0.1) is 5.82 Å². The number of ether oxygens (including phenoxy) is 1. The molecule has 1 N–H and O–H groups in total. The number of nitrogens with one attached hydrogen (secondary N) is 1. The van der Waals surface area contributed by atoms with Crippen LogP contribution < -0.4 is 10.1 Å². The van der Waals surface area contributed by atoms with E-state index in [1.165, 1.54) is 24.3 Å². The Hall–Kier alpha value is -4.00. The molecule has 0 unspecified atom stereocenters. The fourth-order valence-electron chi connectivity index (χ4n) is 2.70. The third-order valence-corrected chi connectivity index (χ3v) is 4.27. The van der Waals surface area contributed by atoms with Crippen LogP contribution in [0.1, 0.15) is 10.4 Å². The second-order valence-corrected chi connectivity index (χ2v) is 6.19. The van der Waals surface area contributed by atoms with Gasteiger partial charge in [0.15, 0.2) is 0 Å². The molecule has 0 saturated heterocycles. The van der Waals surface area contributed by atoms with Gasteiger partial charge in [0.1, 0.15) is 11.6 Å². The molecule has 7 heteroatoms. The van der Waals surface area contributed by atoms with Gasteiger partial charge in [-0.1, -0.05) is 5.16 Å². The summed E-state index contributed by atoms with van der Waals surface area (Å²) in [6.07, 6.45) is 0. The van der Waals surface area contributed by atoms with Crippen molar-refractivity contribution >= 4 is 11.6 Å². The molecule has 4 rings (SSSR count). The van der Waals surface area contributed by atoms with Crippen molar-refractivity contribution in [2.75, 3.05) is 12.4 Å². The van der Waals surface area contributed by atoms with E-state index in [9.17, 15) is 9.18 Å². The molecular formula is C22H16FN3O3. The quantitative estimate of drug-likeness (QED) is 0.530. The van der Waals surface area contributed by atoms with E-state index < -0.39 is 0 Å². The van der Waals surface area contributed by atoms with Gasteiger partial charge in [-0.15, -0.1) is 0 Å². The van der Waals surface area contributed by atoms with E-state index >= 15 is 0 Å². The van der Waals surface area contributed by atoms with Gasteiger partial charge in [0.05, 0.1) is 7.11 Å². The molecule has 3 aromatic carbocycles. The van der Waals surface area contributed by atoms with Crippen molar-refractivity contribution in [3.05, 3.63) is 84.2 Å². The lowest BCUT2D eigenvalue weighted by molar-refractivity contribution is 0.102. The molecule has 6 nitrogen and oxygen atoms in total. The van der Waals surface area contributed by atoms with E-state index in [2.05, 4.69) is 15.5 Å². The van der Waals surface area contributed by atoms with Crippen LogP contribution in [0.4, 0.5) is 10.1 Å². The van der Waals surface area contributed by atoms with Crippen LogP contribution in [0.15, 0.2) is 77.3 Å². The van der Waals surface area contributed by atoms with E-state index in [0.29, 0.717) is 23.0 Å². The highest BCUT2D eigenvalue weighted by Gasteiger charge is 2.11. The average Bonchev–Trinajstić information content (AvgIpc) is 3.25. The summed E-state index contributed by atoms with van der Waals surface area (Å²) in [5, 5.41) is 6.77. The third kappa shape index (κ3) is 4.14. The smallest absolute Gasteiger partial charge is 0.258 e. The molecule has 1 aromatic heterocycles. The minimum atomic E-state index is -0.389. The number of rotatable bonds is 5.